The lowest BCUT2D eigenvalue weighted by Gasteiger charge is -2.37. The van der Waals surface area contributed by atoms with Gasteiger partial charge in [0.25, 0.3) is 0 Å². The van der Waals surface area contributed by atoms with Gasteiger partial charge in [0.15, 0.2) is 0 Å². The summed E-state index contributed by atoms with van der Waals surface area (Å²) in [5.41, 5.74) is 6.51. The van der Waals surface area contributed by atoms with Crippen molar-refractivity contribution in [1.82, 2.24) is 4.98 Å². The highest BCUT2D eigenvalue weighted by Gasteiger charge is 2.26. The largest absolute Gasteiger partial charge is 0.448 e. The first-order chi connectivity index (χ1) is 8.52. The highest BCUT2D eigenvalue weighted by Crippen LogP contribution is 2.23. The first-order valence-electron chi connectivity index (χ1n) is 5.93. The number of rotatable bonds is 2. The average molecular weight is 267 g/mol. The van der Waals surface area contributed by atoms with Gasteiger partial charge in [-0.25, -0.2) is 9.78 Å². The van der Waals surface area contributed by atoms with E-state index in [9.17, 15) is 4.79 Å². The van der Waals surface area contributed by atoms with Gasteiger partial charge in [-0.15, -0.1) is 0 Å². The molecule has 1 unspecified atom stereocenters. The molecule has 0 radical (unpaired) electrons. The lowest BCUT2D eigenvalue weighted by molar-refractivity contribution is 0.0765. The Hall–Kier alpha value is -1.19. The molecule has 2 heterocycles. The van der Waals surface area contributed by atoms with Gasteiger partial charge in [0.1, 0.15) is 5.82 Å². The van der Waals surface area contributed by atoms with Crippen LogP contribution in [0.1, 0.15) is 30.1 Å². The Morgan fingerprint density at radius 3 is 2.83 bits per heavy atom. The molecule has 0 aromatic carbocycles. The average Bonchev–Trinajstić information content (AvgIpc) is 2.38. The fraction of sp³-hybridized carbons (Fsp3) is 0.500. The SMILES string of the molecule is CC1(N)CCN(c2cc(C(=O)OP)ccn2)CC1. The molecule has 2 rings (SSSR count). The first kappa shape index (κ1) is 13.2. The molecule has 1 aromatic rings. The van der Waals surface area contributed by atoms with Crippen molar-refractivity contribution in [1.29, 1.82) is 0 Å². The normalized spacial score (nSPS) is 18.5. The lowest BCUT2D eigenvalue weighted by Crippen LogP contribution is -2.48. The third-order valence-corrected chi connectivity index (χ3v) is 3.53. The molecular formula is C12H18N3O2P. The summed E-state index contributed by atoms with van der Waals surface area (Å²) >= 11 is 0. The molecule has 0 spiro atoms. The molecule has 0 aliphatic carbocycles. The minimum absolute atomic E-state index is 0.0902. The van der Waals surface area contributed by atoms with E-state index in [2.05, 4.69) is 21.3 Å². The van der Waals surface area contributed by atoms with Crippen LogP contribution in [0.5, 0.6) is 0 Å². The van der Waals surface area contributed by atoms with Crippen LogP contribution in [0.2, 0.25) is 0 Å². The molecule has 2 N–H and O–H groups in total. The number of nitrogens with two attached hydrogens (primary N) is 1. The molecule has 1 saturated heterocycles. The van der Waals surface area contributed by atoms with Gasteiger partial charge in [-0.1, -0.05) is 0 Å². The molecule has 0 bridgehead atoms. The second-order valence-corrected chi connectivity index (χ2v) is 5.18. The van der Waals surface area contributed by atoms with Gasteiger partial charge < -0.3 is 15.2 Å². The van der Waals surface area contributed by atoms with Crippen molar-refractivity contribution in [3.8, 4) is 0 Å². The zero-order valence-electron chi connectivity index (χ0n) is 10.4. The Morgan fingerprint density at radius 2 is 2.22 bits per heavy atom. The van der Waals surface area contributed by atoms with E-state index in [1.54, 1.807) is 18.3 Å². The number of carbonyl (C=O) groups is 1. The molecule has 1 aromatic heterocycles. The summed E-state index contributed by atoms with van der Waals surface area (Å²) in [5, 5.41) is 0. The zero-order valence-corrected chi connectivity index (χ0v) is 11.6. The molecule has 98 valence electrons. The Labute approximate surface area is 109 Å². The van der Waals surface area contributed by atoms with Crippen molar-refractivity contribution in [2.24, 2.45) is 5.73 Å². The number of pyridine rings is 1. The van der Waals surface area contributed by atoms with Crippen molar-refractivity contribution >= 4 is 21.3 Å². The van der Waals surface area contributed by atoms with Crippen molar-refractivity contribution in [3.63, 3.8) is 0 Å². The molecule has 18 heavy (non-hydrogen) atoms. The van der Waals surface area contributed by atoms with Crippen LogP contribution in [-0.4, -0.2) is 29.6 Å². The Bertz CT molecular complexity index is 441. The molecule has 0 saturated carbocycles. The number of nitrogens with zero attached hydrogens (tertiary/aromatic N) is 2. The number of hydrogen-bond acceptors (Lipinski definition) is 5. The van der Waals surface area contributed by atoms with Crippen LogP contribution in [0, 0.1) is 0 Å². The predicted octanol–water partition coefficient (Wildman–Crippen LogP) is 1.35. The van der Waals surface area contributed by atoms with E-state index in [1.165, 1.54) is 0 Å². The van der Waals surface area contributed by atoms with Gasteiger partial charge in [0, 0.05) is 24.8 Å². The molecule has 6 heteroatoms. The smallest absolute Gasteiger partial charge is 0.340 e. The molecule has 0 amide bonds. The van der Waals surface area contributed by atoms with Crippen LogP contribution in [0.15, 0.2) is 18.3 Å². The third kappa shape index (κ3) is 2.98. The fourth-order valence-electron chi connectivity index (χ4n) is 2.03. The first-order valence-corrected chi connectivity index (χ1v) is 6.40. The van der Waals surface area contributed by atoms with E-state index in [-0.39, 0.29) is 11.5 Å². The van der Waals surface area contributed by atoms with Gasteiger partial charge in [-0.3, -0.25) is 0 Å². The monoisotopic (exact) mass is 267 g/mol. The lowest BCUT2D eigenvalue weighted by atomic mass is 9.91. The molecule has 1 atom stereocenters. The molecule has 1 fully saturated rings. The summed E-state index contributed by atoms with van der Waals surface area (Å²) in [6.07, 6.45) is 3.47. The van der Waals surface area contributed by atoms with Crippen LogP contribution in [0.25, 0.3) is 0 Å². The van der Waals surface area contributed by atoms with Gasteiger partial charge in [-0.05, 0) is 31.9 Å². The topological polar surface area (TPSA) is 68.5 Å². The second kappa shape index (κ2) is 5.21. The number of anilines is 1. The zero-order chi connectivity index (χ0) is 13.2. The van der Waals surface area contributed by atoms with Crippen molar-refractivity contribution in [2.45, 2.75) is 25.3 Å². The summed E-state index contributed by atoms with van der Waals surface area (Å²) in [4.78, 5) is 17.9. The number of hydrogen-bond donors (Lipinski definition) is 1. The fourth-order valence-corrected chi connectivity index (χ4v) is 2.17. The van der Waals surface area contributed by atoms with Crippen LogP contribution < -0.4 is 10.6 Å². The summed E-state index contributed by atoms with van der Waals surface area (Å²) in [6.45, 7) is 3.79. The third-order valence-electron chi connectivity index (χ3n) is 3.32. The number of carbonyl (C=O) groups excluding carboxylic acids is 1. The summed E-state index contributed by atoms with van der Waals surface area (Å²) < 4.78 is 4.62. The van der Waals surface area contributed by atoms with E-state index in [4.69, 9.17) is 5.73 Å². The van der Waals surface area contributed by atoms with Gasteiger partial charge in [-0.2, -0.15) is 0 Å². The van der Waals surface area contributed by atoms with E-state index in [1.807, 2.05) is 9.47 Å². The number of piperidine rings is 1. The van der Waals surface area contributed by atoms with E-state index in [0.29, 0.717) is 5.56 Å². The van der Waals surface area contributed by atoms with E-state index < -0.39 is 0 Å². The minimum Gasteiger partial charge on any atom is -0.448 e. The van der Waals surface area contributed by atoms with E-state index in [0.717, 1.165) is 31.7 Å². The highest BCUT2D eigenvalue weighted by molar-refractivity contribution is 7.10. The Kier molecular flexibility index (Phi) is 3.83. The standard InChI is InChI=1S/C12H18N3O2P/c1-12(13)3-6-15(7-4-12)10-8-9(2-5-14-10)11(16)17-18/h2,5,8H,3-4,6-7,13,18H2,1H3. The number of aromatic nitrogens is 1. The van der Waals surface area contributed by atoms with Gasteiger partial charge >= 0.3 is 5.97 Å². The molecule has 1 aliphatic heterocycles. The summed E-state index contributed by atoms with van der Waals surface area (Å²) in [5.74, 6) is 0.433. The van der Waals surface area contributed by atoms with Crippen molar-refractivity contribution < 1.29 is 9.32 Å². The van der Waals surface area contributed by atoms with Gasteiger partial charge in [0.05, 0.1) is 15.0 Å². The van der Waals surface area contributed by atoms with Crippen LogP contribution in [-0.2, 0) is 4.52 Å². The van der Waals surface area contributed by atoms with Crippen molar-refractivity contribution in [2.75, 3.05) is 18.0 Å². The maximum absolute atomic E-state index is 11.4. The van der Waals surface area contributed by atoms with Crippen LogP contribution in [0.4, 0.5) is 5.82 Å². The quantitative estimate of drug-likeness (QED) is 0.819. The van der Waals surface area contributed by atoms with E-state index >= 15 is 0 Å². The maximum Gasteiger partial charge on any atom is 0.340 e. The Balaban J connectivity index is 2.12. The Morgan fingerprint density at radius 1 is 1.56 bits per heavy atom. The molecule has 5 nitrogen and oxygen atoms in total. The van der Waals surface area contributed by atoms with Crippen LogP contribution in [0.3, 0.4) is 0 Å². The van der Waals surface area contributed by atoms with Gasteiger partial charge in [0.2, 0.25) is 0 Å². The second-order valence-electron chi connectivity index (χ2n) is 4.95. The summed E-state index contributed by atoms with van der Waals surface area (Å²) in [7, 11) is 1.96. The van der Waals surface area contributed by atoms with Crippen LogP contribution >= 0.6 is 9.47 Å². The molecular weight excluding hydrogens is 249 g/mol. The molecule has 1 aliphatic rings. The predicted molar refractivity (Wildman–Crippen MR) is 73.4 cm³/mol. The van der Waals surface area contributed by atoms with Crippen molar-refractivity contribution in [3.05, 3.63) is 23.9 Å². The minimum atomic E-state index is -0.371. The maximum atomic E-state index is 11.4. The highest BCUT2D eigenvalue weighted by atomic mass is 31.0. The summed E-state index contributed by atoms with van der Waals surface area (Å²) in [6, 6.07) is 3.40.